The van der Waals surface area contributed by atoms with Crippen molar-refractivity contribution in [1.82, 2.24) is 20.1 Å². The summed E-state index contributed by atoms with van der Waals surface area (Å²) in [6.45, 7) is 5.08. The maximum Gasteiger partial charge on any atom is 0.223 e. The largest absolute Gasteiger partial charge is 0.352 e. The number of piperazine rings is 1. The van der Waals surface area contributed by atoms with Crippen LogP contribution in [0.1, 0.15) is 16.9 Å². The quantitative estimate of drug-likeness (QED) is 0.675. The van der Waals surface area contributed by atoms with Crippen molar-refractivity contribution in [3.63, 3.8) is 0 Å². The Balaban J connectivity index is 1.27. The predicted molar refractivity (Wildman–Crippen MR) is 116 cm³/mol. The Morgan fingerprint density at radius 3 is 2.59 bits per heavy atom. The van der Waals surface area contributed by atoms with Crippen molar-refractivity contribution in [2.45, 2.75) is 19.8 Å². The second kappa shape index (κ2) is 9.00. The van der Waals surface area contributed by atoms with Gasteiger partial charge in [0.25, 0.3) is 0 Å². The van der Waals surface area contributed by atoms with Gasteiger partial charge in [0.1, 0.15) is 5.82 Å². The zero-order valence-corrected chi connectivity index (χ0v) is 17.2. The van der Waals surface area contributed by atoms with E-state index in [0.29, 0.717) is 12.2 Å². The predicted octanol–water partition coefficient (Wildman–Crippen LogP) is 3.27. The second-order valence-corrected chi connectivity index (χ2v) is 8.01. The number of nitrogens with zero attached hydrogens (tertiary/aromatic N) is 5. The Bertz CT molecular complexity index is 935. The lowest BCUT2D eigenvalue weighted by Gasteiger charge is -2.35. The van der Waals surface area contributed by atoms with Crippen LogP contribution in [0.25, 0.3) is 0 Å². The zero-order chi connectivity index (χ0) is 20.1. The number of anilines is 3. The van der Waals surface area contributed by atoms with Crippen LogP contribution in [0.3, 0.4) is 0 Å². The first-order chi connectivity index (χ1) is 14.2. The number of nitrogens with one attached hydrogen (secondary N) is 1. The van der Waals surface area contributed by atoms with Crippen molar-refractivity contribution in [3.05, 3.63) is 58.4 Å². The van der Waals surface area contributed by atoms with Crippen LogP contribution in [0.15, 0.2) is 48.0 Å². The van der Waals surface area contributed by atoms with Crippen LogP contribution in [-0.4, -0.2) is 52.2 Å². The van der Waals surface area contributed by atoms with Crippen LogP contribution in [0.2, 0.25) is 0 Å². The van der Waals surface area contributed by atoms with Gasteiger partial charge in [-0.2, -0.15) is 0 Å². The van der Waals surface area contributed by atoms with E-state index in [2.05, 4.69) is 43.8 Å². The molecule has 1 amide bonds. The van der Waals surface area contributed by atoms with E-state index in [1.807, 2.05) is 35.2 Å². The summed E-state index contributed by atoms with van der Waals surface area (Å²) in [6.07, 6.45) is 3.14. The van der Waals surface area contributed by atoms with Crippen molar-refractivity contribution in [2.24, 2.45) is 0 Å². The molecule has 0 bridgehead atoms. The molecule has 150 valence electrons. The standard InChI is InChI=1S/C21H24N6OS/c1-16-9-15-29-17(16)5-8-21(28)27-13-11-26(12-14-27)20-7-6-19(24-25-20)23-18-4-2-3-10-22-18/h2-4,6-7,9-10,15H,5,8,11-14H2,1H3,(H,22,23,24). The monoisotopic (exact) mass is 408 g/mol. The Morgan fingerprint density at radius 1 is 1.07 bits per heavy atom. The smallest absolute Gasteiger partial charge is 0.223 e. The molecule has 1 aliphatic heterocycles. The van der Waals surface area contributed by atoms with Gasteiger partial charge in [0.15, 0.2) is 11.6 Å². The normalized spacial score (nSPS) is 14.1. The number of pyridine rings is 1. The summed E-state index contributed by atoms with van der Waals surface area (Å²) < 4.78 is 0. The number of amides is 1. The topological polar surface area (TPSA) is 74.2 Å². The molecule has 4 rings (SSSR count). The first-order valence-corrected chi connectivity index (χ1v) is 10.6. The van der Waals surface area contributed by atoms with Gasteiger partial charge in [0.05, 0.1) is 0 Å². The number of thiophene rings is 1. The van der Waals surface area contributed by atoms with E-state index in [1.165, 1.54) is 10.4 Å². The molecule has 1 fully saturated rings. The van der Waals surface area contributed by atoms with Crippen LogP contribution in [0.4, 0.5) is 17.5 Å². The minimum atomic E-state index is 0.235. The molecule has 1 saturated heterocycles. The van der Waals surface area contributed by atoms with Crippen molar-refractivity contribution in [3.8, 4) is 0 Å². The van der Waals surface area contributed by atoms with E-state index in [9.17, 15) is 4.79 Å². The minimum Gasteiger partial charge on any atom is -0.352 e. The molecule has 0 atom stereocenters. The highest BCUT2D eigenvalue weighted by molar-refractivity contribution is 7.10. The Morgan fingerprint density at radius 2 is 1.93 bits per heavy atom. The Kier molecular flexibility index (Phi) is 6.00. The SMILES string of the molecule is Cc1ccsc1CCC(=O)N1CCN(c2ccc(Nc3ccccn3)nn2)CC1. The molecular weight excluding hydrogens is 384 g/mol. The minimum absolute atomic E-state index is 0.235. The lowest BCUT2D eigenvalue weighted by molar-refractivity contribution is -0.131. The van der Waals surface area contributed by atoms with E-state index in [4.69, 9.17) is 0 Å². The van der Waals surface area contributed by atoms with Crippen LogP contribution >= 0.6 is 11.3 Å². The van der Waals surface area contributed by atoms with Crippen LogP contribution in [0, 0.1) is 6.92 Å². The highest BCUT2D eigenvalue weighted by Gasteiger charge is 2.22. The summed E-state index contributed by atoms with van der Waals surface area (Å²) in [5.41, 5.74) is 1.28. The third-order valence-corrected chi connectivity index (χ3v) is 6.14. The number of carbonyl (C=O) groups excluding carboxylic acids is 1. The fourth-order valence-electron chi connectivity index (χ4n) is 3.35. The second-order valence-electron chi connectivity index (χ2n) is 7.01. The van der Waals surface area contributed by atoms with Gasteiger partial charge in [-0.1, -0.05) is 6.07 Å². The average Bonchev–Trinajstić information content (AvgIpc) is 3.18. The molecule has 1 aliphatic rings. The average molecular weight is 409 g/mol. The van der Waals surface area contributed by atoms with E-state index in [0.717, 1.165) is 44.2 Å². The van der Waals surface area contributed by atoms with Crippen LogP contribution in [-0.2, 0) is 11.2 Å². The fourth-order valence-corrected chi connectivity index (χ4v) is 4.26. The molecular formula is C21H24N6OS. The van der Waals surface area contributed by atoms with Gasteiger partial charge in [-0.15, -0.1) is 21.5 Å². The molecule has 0 saturated carbocycles. The van der Waals surface area contributed by atoms with E-state index in [1.54, 1.807) is 17.5 Å². The van der Waals surface area contributed by atoms with Crippen molar-refractivity contribution < 1.29 is 4.79 Å². The highest BCUT2D eigenvalue weighted by atomic mass is 32.1. The van der Waals surface area contributed by atoms with Gasteiger partial charge in [-0.3, -0.25) is 4.79 Å². The summed E-state index contributed by atoms with van der Waals surface area (Å²) in [7, 11) is 0. The molecule has 8 heteroatoms. The van der Waals surface area contributed by atoms with E-state index >= 15 is 0 Å². The van der Waals surface area contributed by atoms with Crippen molar-refractivity contribution in [2.75, 3.05) is 36.4 Å². The maximum atomic E-state index is 12.5. The molecule has 0 spiro atoms. The molecule has 3 aromatic rings. The lowest BCUT2D eigenvalue weighted by Crippen LogP contribution is -2.49. The van der Waals surface area contributed by atoms with Crippen LogP contribution in [0.5, 0.6) is 0 Å². The van der Waals surface area contributed by atoms with Gasteiger partial charge in [0.2, 0.25) is 5.91 Å². The summed E-state index contributed by atoms with van der Waals surface area (Å²) in [6, 6.07) is 11.6. The molecule has 0 radical (unpaired) electrons. The van der Waals surface area contributed by atoms with Gasteiger partial charge in [-0.05, 0) is 54.6 Å². The number of aryl methyl sites for hydroxylation is 2. The molecule has 3 aromatic heterocycles. The number of hydrogen-bond donors (Lipinski definition) is 1. The first kappa shape index (κ1) is 19.3. The van der Waals surface area contributed by atoms with Gasteiger partial charge < -0.3 is 15.1 Å². The molecule has 0 aliphatic carbocycles. The molecule has 7 nitrogen and oxygen atoms in total. The maximum absolute atomic E-state index is 12.5. The van der Waals surface area contributed by atoms with Crippen molar-refractivity contribution >= 4 is 34.7 Å². The fraction of sp³-hybridized carbons (Fsp3) is 0.333. The zero-order valence-electron chi connectivity index (χ0n) is 16.4. The van der Waals surface area contributed by atoms with E-state index < -0.39 is 0 Å². The van der Waals surface area contributed by atoms with E-state index in [-0.39, 0.29) is 5.91 Å². The Hall–Kier alpha value is -3.00. The third kappa shape index (κ3) is 4.89. The molecule has 4 heterocycles. The van der Waals surface area contributed by atoms with Crippen LogP contribution < -0.4 is 10.2 Å². The lowest BCUT2D eigenvalue weighted by atomic mass is 10.2. The molecule has 0 aromatic carbocycles. The number of hydrogen-bond acceptors (Lipinski definition) is 7. The van der Waals surface area contributed by atoms with Gasteiger partial charge >= 0.3 is 0 Å². The number of carbonyl (C=O) groups is 1. The molecule has 0 unspecified atom stereocenters. The number of rotatable bonds is 6. The van der Waals surface area contributed by atoms with Crippen molar-refractivity contribution in [1.29, 1.82) is 0 Å². The first-order valence-electron chi connectivity index (χ1n) is 9.76. The summed E-state index contributed by atoms with van der Waals surface area (Å²) in [4.78, 5) is 22.2. The summed E-state index contributed by atoms with van der Waals surface area (Å²) in [5.74, 6) is 2.46. The highest BCUT2D eigenvalue weighted by Crippen LogP contribution is 2.19. The summed E-state index contributed by atoms with van der Waals surface area (Å²) in [5, 5.41) is 13.8. The Labute approximate surface area is 174 Å². The van der Waals surface area contributed by atoms with Gasteiger partial charge in [0, 0.05) is 43.7 Å². The molecule has 1 N–H and O–H groups in total. The third-order valence-electron chi connectivity index (χ3n) is 5.06. The summed E-state index contributed by atoms with van der Waals surface area (Å²) >= 11 is 1.73. The number of aromatic nitrogens is 3. The van der Waals surface area contributed by atoms with Gasteiger partial charge in [-0.25, -0.2) is 4.98 Å². The molecule has 29 heavy (non-hydrogen) atoms.